The maximum atomic E-state index is 12.5. The SMILES string of the molecule is CC(=O)N1C(=O)CC1CCC(NC(=N)N)C(=O)Nc1ccc(C)cc1.Cl. The van der Waals surface area contributed by atoms with Gasteiger partial charge in [0.15, 0.2) is 5.96 Å². The third-order valence-corrected chi connectivity index (χ3v) is 4.14. The lowest BCUT2D eigenvalue weighted by Gasteiger charge is -2.38. The van der Waals surface area contributed by atoms with Gasteiger partial charge in [0, 0.05) is 25.1 Å². The topological polar surface area (TPSA) is 128 Å². The van der Waals surface area contributed by atoms with Crippen LogP contribution >= 0.6 is 12.4 Å². The Balaban J connectivity index is 0.00000338. The van der Waals surface area contributed by atoms with E-state index in [-0.39, 0.29) is 42.1 Å². The number of nitrogens with one attached hydrogen (secondary N) is 3. The van der Waals surface area contributed by atoms with E-state index in [1.54, 1.807) is 12.1 Å². The maximum Gasteiger partial charge on any atom is 0.246 e. The zero-order valence-electron chi connectivity index (χ0n) is 14.7. The van der Waals surface area contributed by atoms with Gasteiger partial charge in [-0.1, -0.05) is 17.7 Å². The highest BCUT2D eigenvalue weighted by Crippen LogP contribution is 2.24. The number of hydrogen-bond acceptors (Lipinski definition) is 4. The fourth-order valence-electron chi connectivity index (χ4n) is 2.83. The third-order valence-electron chi connectivity index (χ3n) is 4.14. The first kappa shape index (κ1) is 21.4. The van der Waals surface area contributed by atoms with Crippen LogP contribution < -0.4 is 16.4 Å². The van der Waals surface area contributed by atoms with Crippen LogP contribution in [0, 0.1) is 12.3 Å². The molecule has 0 bridgehead atoms. The Bertz CT molecular complexity index is 684. The summed E-state index contributed by atoms with van der Waals surface area (Å²) in [6.45, 7) is 3.30. The average Bonchev–Trinajstić information content (AvgIpc) is 2.50. The second-order valence-corrected chi connectivity index (χ2v) is 6.18. The molecule has 1 heterocycles. The zero-order chi connectivity index (χ0) is 18.6. The Hall–Kier alpha value is -2.61. The predicted octanol–water partition coefficient (Wildman–Crippen LogP) is 1.13. The van der Waals surface area contributed by atoms with Crippen LogP contribution in [0.1, 0.15) is 31.7 Å². The van der Waals surface area contributed by atoms with Crippen molar-refractivity contribution in [3.63, 3.8) is 0 Å². The summed E-state index contributed by atoms with van der Waals surface area (Å²) in [5, 5.41) is 12.8. The van der Waals surface area contributed by atoms with Crippen LogP contribution in [0.15, 0.2) is 24.3 Å². The molecule has 0 aliphatic carbocycles. The van der Waals surface area contributed by atoms with Gasteiger partial charge in [0.1, 0.15) is 6.04 Å². The maximum absolute atomic E-state index is 12.5. The van der Waals surface area contributed by atoms with Crippen molar-refractivity contribution in [2.75, 3.05) is 5.32 Å². The molecule has 3 amide bonds. The van der Waals surface area contributed by atoms with Crippen LogP contribution in [0.4, 0.5) is 5.69 Å². The van der Waals surface area contributed by atoms with Gasteiger partial charge in [-0.15, -0.1) is 12.4 Å². The van der Waals surface area contributed by atoms with Gasteiger partial charge in [0.05, 0.1) is 0 Å². The number of nitrogens with zero attached hydrogens (tertiary/aromatic N) is 1. The van der Waals surface area contributed by atoms with Crippen LogP contribution in [0.3, 0.4) is 0 Å². The summed E-state index contributed by atoms with van der Waals surface area (Å²) < 4.78 is 0. The summed E-state index contributed by atoms with van der Waals surface area (Å²) in [7, 11) is 0. The lowest BCUT2D eigenvalue weighted by atomic mass is 9.94. The standard InChI is InChI=1S/C17H23N5O3.ClH/c1-10-3-5-12(6-4-10)20-16(25)14(21-17(18)19)8-7-13-9-15(24)22(13)11(2)23;/h3-6,13-14H,7-9H2,1-2H3,(H,20,25)(H4,18,19,21);1H. The highest BCUT2D eigenvalue weighted by atomic mass is 35.5. The summed E-state index contributed by atoms with van der Waals surface area (Å²) >= 11 is 0. The van der Waals surface area contributed by atoms with E-state index in [2.05, 4.69) is 10.6 Å². The molecule has 1 saturated heterocycles. The van der Waals surface area contributed by atoms with Crippen LogP contribution in [-0.2, 0) is 14.4 Å². The molecule has 0 spiro atoms. The largest absolute Gasteiger partial charge is 0.370 e. The first-order chi connectivity index (χ1) is 11.8. The Kier molecular flexibility index (Phi) is 7.57. The number of benzene rings is 1. The number of hydrogen-bond donors (Lipinski definition) is 4. The van der Waals surface area contributed by atoms with Gasteiger partial charge in [0.2, 0.25) is 17.7 Å². The predicted molar refractivity (Wildman–Crippen MR) is 101 cm³/mol. The van der Waals surface area contributed by atoms with E-state index in [1.165, 1.54) is 11.8 Å². The van der Waals surface area contributed by atoms with Crippen LogP contribution in [0.5, 0.6) is 0 Å². The minimum Gasteiger partial charge on any atom is -0.370 e. The number of halogens is 1. The van der Waals surface area contributed by atoms with Gasteiger partial charge in [-0.2, -0.15) is 0 Å². The molecule has 1 aliphatic rings. The lowest BCUT2D eigenvalue weighted by molar-refractivity contribution is -0.157. The van der Waals surface area contributed by atoms with Crippen LogP contribution in [0.25, 0.3) is 0 Å². The molecule has 8 nitrogen and oxygen atoms in total. The quantitative estimate of drug-likeness (QED) is 0.333. The van der Waals surface area contributed by atoms with E-state index < -0.39 is 6.04 Å². The fourth-order valence-corrected chi connectivity index (χ4v) is 2.83. The number of nitrogens with two attached hydrogens (primary N) is 1. The van der Waals surface area contributed by atoms with Gasteiger partial charge in [-0.25, -0.2) is 0 Å². The van der Waals surface area contributed by atoms with E-state index >= 15 is 0 Å². The number of aryl methyl sites for hydroxylation is 1. The number of β-lactam (4-membered cyclic amide) rings is 1. The number of carbonyl (C=O) groups excluding carboxylic acids is 3. The number of guanidine groups is 1. The molecule has 2 rings (SSSR count). The minimum absolute atomic E-state index is 0. The van der Waals surface area contributed by atoms with E-state index in [1.807, 2.05) is 19.1 Å². The number of amides is 3. The van der Waals surface area contributed by atoms with Crippen molar-refractivity contribution in [3.05, 3.63) is 29.8 Å². The summed E-state index contributed by atoms with van der Waals surface area (Å²) in [5.74, 6) is -1.12. The Morgan fingerprint density at radius 1 is 1.35 bits per heavy atom. The monoisotopic (exact) mass is 381 g/mol. The van der Waals surface area contributed by atoms with Crippen LogP contribution in [0.2, 0.25) is 0 Å². The van der Waals surface area contributed by atoms with E-state index in [0.29, 0.717) is 24.9 Å². The molecule has 142 valence electrons. The highest BCUT2D eigenvalue weighted by Gasteiger charge is 2.39. The zero-order valence-corrected chi connectivity index (χ0v) is 15.6. The molecular weight excluding hydrogens is 358 g/mol. The van der Waals surface area contributed by atoms with Gasteiger partial charge < -0.3 is 16.4 Å². The smallest absolute Gasteiger partial charge is 0.246 e. The minimum atomic E-state index is -0.719. The van der Waals surface area contributed by atoms with Gasteiger partial charge >= 0.3 is 0 Å². The molecular formula is C17H24ClN5O3. The fraction of sp³-hybridized carbons (Fsp3) is 0.412. The Morgan fingerprint density at radius 2 is 1.96 bits per heavy atom. The molecule has 0 radical (unpaired) electrons. The molecule has 5 N–H and O–H groups in total. The molecule has 1 aromatic carbocycles. The molecule has 26 heavy (non-hydrogen) atoms. The van der Waals surface area contributed by atoms with E-state index in [4.69, 9.17) is 11.1 Å². The van der Waals surface area contributed by atoms with Crippen molar-refractivity contribution in [2.45, 2.75) is 45.2 Å². The van der Waals surface area contributed by atoms with Crippen molar-refractivity contribution < 1.29 is 14.4 Å². The van der Waals surface area contributed by atoms with Crippen molar-refractivity contribution >= 4 is 41.8 Å². The van der Waals surface area contributed by atoms with Crippen LogP contribution in [-0.4, -0.2) is 40.7 Å². The summed E-state index contributed by atoms with van der Waals surface area (Å²) in [4.78, 5) is 36.6. The second kappa shape index (κ2) is 9.19. The first-order valence-electron chi connectivity index (χ1n) is 8.08. The summed E-state index contributed by atoms with van der Waals surface area (Å²) in [6.07, 6.45) is 1.11. The molecule has 2 unspecified atom stereocenters. The van der Waals surface area contributed by atoms with Gasteiger partial charge in [0.25, 0.3) is 0 Å². The van der Waals surface area contributed by atoms with E-state index in [9.17, 15) is 14.4 Å². The van der Waals surface area contributed by atoms with Gasteiger partial charge in [-0.05, 0) is 31.9 Å². The van der Waals surface area contributed by atoms with Crippen molar-refractivity contribution in [2.24, 2.45) is 5.73 Å². The molecule has 1 fully saturated rings. The Labute approximate surface area is 158 Å². The number of anilines is 1. The number of likely N-dealkylation sites (tertiary alicyclic amines) is 1. The summed E-state index contributed by atoms with van der Waals surface area (Å²) in [5.41, 5.74) is 7.10. The average molecular weight is 382 g/mol. The Morgan fingerprint density at radius 3 is 2.46 bits per heavy atom. The molecule has 9 heteroatoms. The number of rotatable bonds is 6. The first-order valence-corrected chi connectivity index (χ1v) is 8.08. The molecule has 1 aliphatic heterocycles. The van der Waals surface area contributed by atoms with E-state index in [0.717, 1.165) is 5.56 Å². The number of imide groups is 1. The third kappa shape index (κ3) is 5.45. The number of carbonyl (C=O) groups is 3. The normalized spacial score (nSPS) is 16.8. The second-order valence-electron chi connectivity index (χ2n) is 6.18. The molecule has 0 aromatic heterocycles. The molecule has 2 atom stereocenters. The van der Waals surface area contributed by atoms with Crippen molar-refractivity contribution in [3.8, 4) is 0 Å². The highest BCUT2D eigenvalue weighted by molar-refractivity contribution is 5.99. The molecule has 1 aromatic rings. The van der Waals surface area contributed by atoms with Crippen molar-refractivity contribution in [1.29, 1.82) is 5.41 Å². The lowest BCUT2D eigenvalue weighted by Crippen LogP contribution is -2.55. The van der Waals surface area contributed by atoms with Gasteiger partial charge in [-0.3, -0.25) is 24.7 Å². The summed E-state index contributed by atoms with van der Waals surface area (Å²) in [6, 6.07) is 6.43. The molecule has 0 saturated carbocycles. The van der Waals surface area contributed by atoms with Crippen molar-refractivity contribution in [1.82, 2.24) is 10.2 Å².